The fourth-order valence-electron chi connectivity index (χ4n) is 4.74. The highest BCUT2D eigenvalue weighted by molar-refractivity contribution is 5.85. The Labute approximate surface area is 208 Å². The summed E-state index contributed by atoms with van der Waals surface area (Å²) in [6.45, 7) is 18.4. The number of hydrogen-bond acceptors (Lipinski definition) is 4. The van der Waals surface area contributed by atoms with Gasteiger partial charge in [0, 0.05) is 17.3 Å². The molecule has 5 nitrogen and oxygen atoms in total. The number of nitrogens with zero attached hydrogens (tertiary/aromatic N) is 5. The van der Waals surface area contributed by atoms with Gasteiger partial charge in [0.1, 0.15) is 17.8 Å². The predicted octanol–water partition coefficient (Wildman–Crippen LogP) is 7.18. The average molecular weight is 464 g/mol. The van der Waals surface area contributed by atoms with Crippen LogP contribution in [0, 0.1) is 6.92 Å². The Kier molecular flexibility index (Phi) is 5.59. The first-order valence-corrected chi connectivity index (χ1v) is 12.2. The number of rotatable bonds is 4. The van der Waals surface area contributed by atoms with Crippen LogP contribution >= 0.6 is 0 Å². The minimum Gasteiger partial charge on any atom is -0.322 e. The van der Waals surface area contributed by atoms with Gasteiger partial charge in [0.2, 0.25) is 0 Å². The zero-order valence-electron chi connectivity index (χ0n) is 21.5. The fraction of sp³-hybridized carbons (Fsp3) is 0.300. The van der Waals surface area contributed by atoms with E-state index in [1.165, 1.54) is 33.4 Å². The van der Waals surface area contributed by atoms with E-state index >= 15 is 0 Å². The zero-order chi connectivity index (χ0) is 24.9. The number of hydrogen-bond donors (Lipinski definition) is 0. The molecular weight excluding hydrogens is 430 g/mol. The van der Waals surface area contributed by atoms with Crippen LogP contribution in [0.25, 0.3) is 28.3 Å². The molecule has 0 aliphatic carbocycles. The highest BCUT2D eigenvalue weighted by Gasteiger charge is 2.26. The lowest BCUT2D eigenvalue weighted by atomic mass is 9.84. The maximum absolute atomic E-state index is 4.94. The molecule has 2 aromatic carbocycles. The van der Waals surface area contributed by atoms with Crippen molar-refractivity contribution >= 4 is 11.5 Å². The van der Waals surface area contributed by atoms with Crippen molar-refractivity contribution in [3.8, 4) is 22.6 Å². The molecule has 0 N–H and O–H groups in total. The van der Waals surface area contributed by atoms with Crippen LogP contribution in [0.15, 0.2) is 67.5 Å². The molecule has 178 valence electrons. The smallest absolute Gasteiger partial charge is 0.182 e. The van der Waals surface area contributed by atoms with Gasteiger partial charge in [0.05, 0.1) is 6.54 Å². The molecule has 2 aromatic heterocycles. The van der Waals surface area contributed by atoms with Gasteiger partial charge in [-0.25, -0.2) is 4.98 Å². The first-order valence-electron chi connectivity index (χ1n) is 12.2. The third kappa shape index (κ3) is 4.16. The lowest BCUT2D eigenvalue weighted by Gasteiger charge is -2.21. The SMILES string of the molecule is C=C1c2cc(-c3ccc(C(C)(C)C)cc3C)ccc2CN1c1cccc(-c2nncn2C(C)C)n1. The average Bonchev–Trinajstić information content (AvgIpc) is 3.44. The van der Waals surface area contributed by atoms with Gasteiger partial charge in [-0.1, -0.05) is 63.7 Å². The molecule has 0 atom stereocenters. The van der Waals surface area contributed by atoms with Gasteiger partial charge in [-0.3, -0.25) is 0 Å². The summed E-state index contributed by atoms with van der Waals surface area (Å²) in [5.41, 5.74) is 9.50. The van der Waals surface area contributed by atoms with Gasteiger partial charge in [-0.15, -0.1) is 10.2 Å². The van der Waals surface area contributed by atoms with E-state index in [0.717, 1.165) is 29.6 Å². The summed E-state index contributed by atoms with van der Waals surface area (Å²) in [7, 11) is 0. The van der Waals surface area contributed by atoms with Crippen molar-refractivity contribution in [3.63, 3.8) is 0 Å². The van der Waals surface area contributed by atoms with Crippen LogP contribution in [0.3, 0.4) is 0 Å². The first kappa shape index (κ1) is 23.0. The predicted molar refractivity (Wildman–Crippen MR) is 144 cm³/mol. The Balaban J connectivity index is 1.46. The Morgan fingerprint density at radius 1 is 0.971 bits per heavy atom. The standard InChI is InChI=1S/C30H33N5/c1-19(2)35-18-31-33-29(35)27-9-8-10-28(32-27)34-17-23-12-11-22(16-26(23)21(34)4)25-14-13-24(15-20(25)3)30(5,6)7/h8-16,18-19H,4,17H2,1-3,5-7H3. The molecule has 0 amide bonds. The number of anilines is 1. The molecule has 5 heteroatoms. The Bertz CT molecular complexity index is 1420. The first-order chi connectivity index (χ1) is 16.6. The van der Waals surface area contributed by atoms with Gasteiger partial charge >= 0.3 is 0 Å². The number of benzene rings is 2. The van der Waals surface area contributed by atoms with Crippen LogP contribution in [-0.4, -0.2) is 19.7 Å². The number of aromatic nitrogens is 4. The van der Waals surface area contributed by atoms with Crippen LogP contribution in [0.5, 0.6) is 0 Å². The molecule has 0 radical (unpaired) electrons. The maximum atomic E-state index is 4.94. The highest BCUT2D eigenvalue weighted by atomic mass is 15.3. The molecule has 0 spiro atoms. The van der Waals surface area contributed by atoms with Crippen molar-refractivity contribution < 1.29 is 0 Å². The Morgan fingerprint density at radius 3 is 2.49 bits per heavy atom. The molecule has 3 heterocycles. The van der Waals surface area contributed by atoms with Gasteiger partial charge in [0.25, 0.3) is 0 Å². The van der Waals surface area contributed by atoms with Gasteiger partial charge < -0.3 is 9.47 Å². The van der Waals surface area contributed by atoms with Gasteiger partial charge in [-0.05, 0) is 72.2 Å². The lowest BCUT2D eigenvalue weighted by molar-refractivity contribution is 0.590. The largest absolute Gasteiger partial charge is 0.322 e. The summed E-state index contributed by atoms with van der Waals surface area (Å²) in [6.07, 6.45) is 1.76. The summed E-state index contributed by atoms with van der Waals surface area (Å²) in [5.74, 6) is 1.65. The zero-order valence-corrected chi connectivity index (χ0v) is 21.5. The molecule has 4 aromatic rings. The van der Waals surface area contributed by atoms with Crippen LogP contribution < -0.4 is 4.90 Å². The molecule has 5 rings (SSSR count). The molecule has 1 aliphatic rings. The Hall–Kier alpha value is -3.73. The van der Waals surface area contributed by atoms with Crippen LogP contribution in [0.4, 0.5) is 5.82 Å². The summed E-state index contributed by atoms with van der Waals surface area (Å²) in [4.78, 5) is 7.13. The number of fused-ring (bicyclic) bond motifs is 1. The number of pyridine rings is 1. The van der Waals surface area contributed by atoms with Gasteiger partial charge in [0.15, 0.2) is 5.82 Å². The van der Waals surface area contributed by atoms with Crippen molar-refractivity contribution in [2.24, 2.45) is 0 Å². The summed E-state index contributed by atoms with van der Waals surface area (Å²) >= 11 is 0. The van der Waals surface area contributed by atoms with E-state index in [2.05, 4.69) is 99.6 Å². The second kappa shape index (κ2) is 8.49. The van der Waals surface area contributed by atoms with Crippen molar-refractivity contribution in [1.82, 2.24) is 19.7 Å². The van der Waals surface area contributed by atoms with Crippen LogP contribution in [0.1, 0.15) is 62.9 Å². The molecule has 0 unspecified atom stereocenters. The lowest BCUT2D eigenvalue weighted by Crippen LogP contribution is -2.15. The highest BCUT2D eigenvalue weighted by Crippen LogP contribution is 2.39. The molecule has 0 bridgehead atoms. The van der Waals surface area contributed by atoms with Crippen molar-refractivity contribution in [1.29, 1.82) is 0 Å². The fourth-order valence-corrected chi connectivity index (χ4v) is 4.74. The van der Waals surface area contributed by atoms with E-state index in [4.69, 9.17) is 4.98 Å². The minimum atomic E-state index is 0.139. The van der Waals surface area contributed by atoms with E-state index in [0.29, 0.717) is 0 Å². The summed E-state index contributed by atoms with van der Waals surface area (Å²) in [6, 6.07) is 19.9. The van der Waals surface area contributed by atoms with Crippen molar-refractivity contribution in [2.75, 3.05) is 4.90 Å². The van der Waals surface area contributed by atoms with E-state index in [-0.39, 0.29) is 11.5 Å². The number of aryl methyl sites for hydroxylation is 1. The molecule has 0 saturated heterocycles. The molecular formula is C30H33N5. The van der Waals surface area contributed by atoms with E-state index in [9.17, 15) is 0 Å². The normalized spacial score (nSPS) is 13.6. The molecule has 0 saturated carbocycles. The minimum absolute atomic E-state index is 0.139. The van der Waals surface area contributed by atoms with E-state index in [1.807, 2.05) is 22.8 Å². The second-order valence-electron chi connectivity index (χ2n) is 10.7. The molecule has 0 fully saturated rings. The molecule has 35 heavy (non-hydrogen) atoms. The van der Waals surface area contributed by atoms with Crippen LogP contribution in [-0.2, 0) is 12.0 Å². The summed E-state index contributed by atoms with van der Waals surface area (Å²) < 4.78 is 2.04. The monoisotopic (exact) mass is 463 g/mol. The van der Waals surface area contributed by atoms with Gasteiger partial charge in [-0.2, -0.15) is 0 Å². The topological polar surface area (TPSA) is 46.8 Å². The van der Waals surface area contributed by atoms with Crippen molar-refractivity contribution in [3.05, 3.63) is 89.8 Å². The second-order valence-corrected chi connectivity index (χ2v) is 10.7. The van der Waals surface area contributed by atoms with E-state index < -0.39 is 0 Å². The van der Waals surface area contributed by atoms with Crippen LogP contribution in [0.2, 0.25) is 0 Å². The third-order valence-electron chi connectivity index (χ3n) is 6.85. The maximum Gasteiger partial charge on any atom is 0.182 e. The Morgan fingerprint density at radius 2 is 1.77 bits per heavy atom. The van der Waals surface area contributed by atoms with Crippen molar-refractivity contribution in [2.45, 2.75) is 59.5 Å². The summed E-state index contributed by atoms with van der Waals surface area (Å²) in [5, 5.41) is 8.42. The van der Waals surface area contributed by atoms with E-state index in [1.54, 1.807) is 6.33 Å². The molecule has 1 aliphatic heterocycles. The quantitative estimate of drug-likeness (QED) is 0.321. The third-order valence-corrected chi connectivity index (χ3v) is 6.85.